The number of hydrogen-bond donors (Lipinski definition) is 2. The zero-order valence-electron chi connectivity index (χ0n) is 18.0. The highest BCUT2D eigenvalue weighted by molar-refractivity contribution is 6.17. The van der Waals surface area contributed by atoms with Gasteiger partial charge in [-0.05, 0) is 34.7 Å². The molecular formula is C23H29ClN2O4. The number of likely N-dealkylation sites (N-methyl/N-ethyl adjacent to an activating group) is 1. The summed E-state index contributed by atoms with van der Waals surface area (Å²) in [4.78, 5) is 26.0. The Hall–Kier alpha value is -2.73. The van der Waals surface area contributed by atoms with E-state index in [0.717, 1.165) is 22.4 Å². The zero-order valence-corrected chi connectivity index (χ0v) is 18.8. The number of ether oxygens (including phenoxy) is 1. The fourth-order valence-corrected chi connectivity index (χ4v) is 3.44. The van der Waals surface area contributed by atoms with Crippen molar-refractivity contribution in [2.75, 3.05) is 19.1 Å². The summed E-state index contributed by atoms with van der Waals surface area (Å²) in [6.45, 7) is 6.19. The molecule has 0 fully saturated rings. The highest BCUT2D eigenvalue weighted by Gasteiger charge is 2.27. The second kappa shape index (κ2) is 9.85. The minimum absolute atomic E-state index is 0.189. The summed E-state index contributed by atoms with van der Waals surface area (Å²) < 4.78 is 5.46. The number of amides is 2. The van der Waals surface area contributed by atoms with Crippen molar-refractivity contribution in [1.29, 1.82) is 0 Å². The lowest BCUT2D eigenvalue weighted by Crippen LogP contribution is -2.48. The molecule has 2 aromatic carbocycles. The lowest BCUT2D eigenvalue weighted by molar-refractivity contribution is -0.120. The van der Waals surface area contributed by atoms with Crippen LogP contribution in [0.3, 0.4) is 0 Å². The molecule has 162 valence electrons. The van der Waals surface area contributed by atoms with Crippen molar-refractivity contribution >= 4 is 29.3 Å². The molecule has 6 nitrogen and oxygen atoms in total. The largest absolute Gasteiger partial charge is 0.496 e. The van der Waals surface area contributed by atoms with Gasteiger partial charge in [0.2, 0.25) is 5.91 Å². The van der Waals surface area contributed by atoms with Gasteiger partial charge in [0.1, 0.15) is 11.8 Å². The maximum atomic E-state index is 13.2. The fourth-order valence-electron chi connectivity index (χ4n) is 3.28. The molecule has 2 amide bonds. The molecule has 0 radical (unpaired) electrons. The van der Waals surface area contributed by atoms with Crippen LogP contribution in [-0.4, -0.2) is 37.3 Å². The van der Waals surface area contributed by atoms with Crippen molar-refractivity contribution < 1.29 is 19.4 Å². The molecule has 0 heterocycles. The zero-order chi connectivity index (χ0) is 22.5. The van der Waals surface area contributed by atoms with Gasteiger partial charge in [-0.2, -0.15) is 0 Å². The van der Waals surface area contributed by atoms with Crippen molar-refractivity contribution in [2.45, 2.75) is 44.5 Å². The minimum Gasteiger partial charge on any atom is -0.496 e. The highest BCUT2D eigenvalue weighted by Crippen LogP contribution is 2.34. The quantitative estimate of drug-likeness (QED) is 0.628. The summed E-state index contributed by atoms with van der Waals surface area (Å²) in [5, 5.41) is 11.6. The van der Waals surface area contributed by atoms with Gasteiger partial charge in [-0.15, -0.1) is 11.6 Å². The molecule has 1 atom stereocenters. The maximum absolute atomic E-state index is 13.2. The van der Waals surface area contributed by atoms with Crippen LogP contribution in [0.5, 0.6) is 5.75 Å². The number of methoxy groups -OCH3 is 1. The Balaban J connectivity index is 2.34. The lowest BCUT2D eigenvalue weighted by atomic mass is 9.86. The highest BCUT2D eigenvalue weighted by atomic mass is 35.5. The number of alkyl halides is 1. The summed E-state index contributed by atoms with van der Waals surface area (Å²) in [5.74, 6) is 0.740. The number of benzene rings is 2. The van der Waals surface area contributed by atoms with Gasteiger partial charge in [-0.25, -0.2) is 4.79 Å². The van der Waals surface area contributed by atoms with Gasteiger partial charge < -0.3 is 20.1 Å². The van der Waals surface area contributed by atoms with Crippen molar-refractivity contribution in [3.05, 3.63) is 59.2 Å². The Morgan fingerprint density at radius 3 is 2.40 bits per heavy atom. The Morgan fingerprint density at radius 2 is 1.83 bits per heavy atom. The van der Waals surface area contributed by atoms with Crippen LogP contribution >= 0.6 is 11.6 Å². The topological polar surface area (TPSA) is 78.9 Å². The number of carbonyl (C=O) groups excluding carboxylic acids is 1. The summed E-state index contributed by atoms with van der Waals surface area (Å²) in [6.07, 6.45) is -1.02. The van der Waals surface area contributed by atoms with Gasteiger partial charge in [0.25, 0.3) is 0 Å². The number of rotatable bonds is 7. The summed E-state index contributed by atoms with van der Waals surface area (Å²) >= 11 is 5.89. The van der Waals surface area contributed by atoms with Crippen LogP contribution in [0.25, 0.3) is 0 Å². The summed E-state index contributed by atoms with van der Waals surface area (Å²) in [7, 11) is 3.25. The first-order chi connectivity index (χ1) is 14.1. The molecule has 0 aromatic heterocycles. The molecule has 2 N–H and O–H groups in total. The van der Waals surface area contributed by atoms with Gasteiger partial charge in [-0.1, -0.05) is 45.0 Å². The van der Waals surface area contributed by atoms with E-state index in [9.17, 15) is 14.7 Å². The average molecular weight is 433 g/mol. The molecule has 0 saturated carbocycles. The summed E-state index contributed by atoms with van der Waals surface area (Å²) in [6, 6.07) is 12.0. The van der Waals surface area contributed by atoms with Gasteiger partial charge in [0.15, 0.2) is 0 Å². The van der Waals surface area contributed by atoms with E-state index >= 15 is 0 Å². The monoisotopic (exact) mass is 432 g/mol. The van der Waals surface area contributed by atoms with Gasteiger partial charge >= 0.3 is 6.09 Å². The second-order valence-corrected chi connectivity index (χ2v) is 8.46. The van der Waals surface area contributed by atoms with Crippen molar-refractivity contribution in [2.24, 2.45) is 0 Å². The van der Waals surface area contributed by atoms with Crippen LogP contribution in [0.15, 0.2) is 42.5 Å². The van der Waals surface area contributed by atoms with Crippen LogP contribution in [0.2, 0.25) is 0 Å². The number of hydrogen-bond acceptors (Lipinski definition) is 3. The van der Waals surface area contributed by atoms with E-state index in [1.807, 2.05) is 36.4 Å². The molecule has 0 aliphatic carbocycles. The van der Waals surface area contributed by atoms with Gasteiger partial charge in [0.05, 0.1) is 7.11 Å². The van der Waals surface area contributed by atoms with Crippen LogP contribution in [0, 0.1) is 0 Å². The smallest absolute Gasteiger partial charge is 0.405 e. The predicted octanol–water partition coefficient (Wildman–Crippen LogP) is 4.57. The van der Waals surface area contributed by atoms with E-state index in [1.165, 1.54) is 4.90 Å². The number of nitrogens with one attached hydrogen (secondary N) is 1. The van der Waals surface area contributed by atoms with E-state index in [-0.39, 0.29) is 17.7 Å². The van der Waals surface area contributed by atoms with E-state index in [1.54, 1.807) is 20.2 Å². The first-order valence-corrected chi connectivity index (χ1v) is 10.2. The molecule has 0 spiro atoms. The average Bonchev–Trinajstić information content (AvgIpc) is 2.70. The molecule has 0 saturated heterocycles. The van der Waals surface area contributed by atoms with E-state index in [4.69, 9.17) is 16.3 Å². The standard InChI is InChI=1S/C23H29ClN2O4/c1-23(2,3)18-13-17(9-10-20(18)30-5)26(4)21(27)19(25-22(28)29)12-15-7-6-8-16(11-15)14-24/h6-11,13,19,25H,12,14H2,1-5H3,(H,28,29). The van der Waals surface area contributed by atoms with Crippen molar-refractivity contribution in [3.63, 3.8) is 0 Å². The number of halogens is 1. The Morgan fingerprint density at radius 1 is 1.17 bits per heavy atom. The molecule has 2 rings (SSSR count). The molecule has 2 aromatic rings. The molecule has 1 unspecified atom stereocenters. The predicted molar refractivity (Wildman–Crippen MR) is 120 cm³/mol. The van der Waals surface area contributed by atoms with Crippen molar-refractivity contribution in [1.82, 2.24) is 5.32 Å². The Bertz CT molecular complexity index is 908. The third-order valence-electron chi connectivity index (χ3n) is 4.89. The maximum Gasteiger partial charge on any atom is 0.405 e. The molecule has 30 heavy (non-hydrogen) atoms. The number of nitrogens with zero attached hydrogens (tertiary/aromatic N) is 1. The van der Waals surface area contributed by atoms with Crippen molar-refractivity contribution in [3.8, 4) is 5.75 Å². The third-order valence-corrected chi connectivity index (χ3v) is 5.20. The lowest BCUT2D eigenvalue weighted by Gasteiger charge is -2.27. The molecule has 0 aliphatic rings. The van der Waals surface area contributed by atoms with E-state index in [2.05, 4.69) is 26.1 Å². The fraction of sp³-hybridized carbons (Fsp3) is 0.391. The Kier molecular flexibility index (Phi) is 7.73. The van der Waals surface area contributed by atoms with Crippen LogP contribution in [-0.2, 0) is 22.5 Å². The molecule has 0 aliphatic heterocycles. The first kappa shape index (κ1) is 23.5. The normalized spacial score (nSPS) is 12.2. The molecule has 7 heteroatoms. The van der Waals surface area contributed by atoms with Crippen LogP contribution < -0.4 is 15.0 Å². The second-order valence-electron chi connectivity index (χ2n) is 8.19. The Labute approximate surface area is 182 Å². The molecule has 0 bridgehead atoms. The number of anilines is 1. The SMILES string of the molecule is COc1ccc(N(C)C(=O)C(Cc2cccc(CCl)c2)NC(=O)O)cc1C(C)(C)C. The first-order valence-electron chi connectivity index (χ1n) is 9.66. The van der Waals surface area contributed by atoms with Crippen LogP contribution in [0.1, 0.15) is 37.5 Å². The summed E-state index contributed by atoms with van der Waals surface area (Å²) in [5.41, 5.74) is 3.18. The number of carboxylic acid groups (broad SMARTS) is 1. The van der Waals surface area contributed by atoms with E-state index < -0.39 is 12.1 Å². The van der Waals surface area contributed by atoms with Gasteiger partial charge in [-0.3, -0.25) is 4.79 Å². The van der Waals surface area contributed by atoms with E-state index in [0.29, 0.717) is 11.6 Å². The molecular weight excluding hydrogens is 404 g/mol. The van der Waals surface area contributed by atoms with Crippen LogP contribution in [0.4, 0.5) is 10.5 Å². The minimum atomic E-state index is -1.25. The third kappa shape index (κ3) is 5.89. The van der Waals surface area contributed by atoms with Gasteiger partial charge in [0, 0.05) is 30.6 Å². The number of carbonyl (C=O) groups is 2.